The highest BCUT2D eigenvalue weighted by Crippen LogP contribution is 2.26. The first kappa shape index (κ1) is 22.1. The molecule has 7 nitrogen and oxygen atoms in total. The lowest BCUT2D eigenvalue weighted by molar-refractivity contribution is -0.126. The Hall–Kier alpha value is -2.58. The third kappa shape index (κ3) is 4.94. The van der Waals surface area contributed by atoms with Crippen LogP contribution in [0.2, 0.25) is 0 Å². The normalized spacial score (nSPS) is 15.6. The third-order valence-corrected chi connectivity index (χ3v) is 7.34. The van der Waals surface area contributed by atoms with E-state index in [1.54, 1.807) is 50.6 Å². The average Bonchev–Trinajstić information content (AvgIpc) is 2.77. The summed E-state index contributed by atoms with van der Waals surface area (Å²) in [6, 6.07) is 12.3. The van der Waals surface area contributed by atoms with Crippen molar-refractivity contribution in [1.29, 1.82) is 0 Å². The van der Waals surface area contributed by atoms with Crippen LogP contribution in [0.15, 0.2) is 47.4 Å². The molecule has 1 aliphatic heterocycles. The summed E-state index contributed by atoms with van der Waals surface area (Å²) in [5, 5.41) is 2.94. The molecule has 0 spiro atoms. The van der Waals surface area contributed by atoms with E-state index in [1.165, 1.54) is 4.31 Å². The predicted molar refractivity (Wildman–Crippen MR) is 114 cm³/mol. The summed E-state index contributed by atoms with van der Waals surface area (Å²) in [5.41, 5.74) is 1.83. The Balaban J connectivity index is 1.57. The molecule has 0 saturated carbocycles. The smallest absolute Gasteiger partial charge is 0.243 e. The third-order valence-electron chi connectivity index (χ3n) is 5.42. The van der Waals surface area contributed by atoms with Crippen LogP contribution in [0.5, 0.6) is 11.5 Å². The van der Waals surface area contributed by atoms with Gasteiger partial charge in [0, 0.05) is 31.1 Å². The number of methoxy groups -OCH3 is 2. The predicted octanol–water partition coefficient (Wildman–Crippen LogP) is 2.73. The molecule has 0 atom stereocenters. The Morgan fingerprint density at radius 2 is 1.73 bits per heavy atom. The summed E-state index contributed by atoms with van der Waals surface area (Å²) in [5.74, 6) is 1.07. The Labute approximate surface area is 178 Å². The van der Waals surface area contributed by atoms with Gasteiger partial charge in [-0.3, -0.25) is 4.79 Å². The topological polar surface area (TPSA) is 84.9 Å². The van der Waals surface area contributed by atoms with Crippen molar-refractivity contribution in [2.45, 2.75) is 31.2 Å². The SMILES string of the molecule is COc1ccc(OC)c(CNC(=O)C2CCN(S(=O)(=O)c3ccc(C)cc3)CC2)c1. The molecule has 1 N–H and O–H groups in total. The zero-order valence-electron chi connectivity index (χ0n) is 17.6. The molecule has 2 aromatic carbocycles. The fraction of sp³-hybridized carbons (Fsp3) is 0.409. The van der Waals surface area contributed by atoms with Gasteiger partial charge in [-0.1, -0.05) is 17.7 Å². The largest absolute Gasteiger partial charge is 0.497 e. The second kappa shape index (κ2) is 9.49. The maximum atomic E-state index is 12.8. The van der Waals surface area contributed by atoms with Crippen LogP contribution < -0.4 is 14.8 Å². The number of amides is 1. The van der Waals surface area contributed by atoms with E-state index in [9.17, 15) is 13.2 Å². The lowest BCUT2D eigenvalue weighted by Crippen LogP contribution is -2.42. The van der Waals surface area contributed by atoms with Crippen LogP contribution in [0.1, 0.15) is 24.0 Å². The van der Waals surface area contributed by atoms with Crippen LogP contribution in [0.4, 0.5) is 0 Å². The Morgan fingerprint density at radius 1 is 1.07 bits per heavy atom. The highest BCUT2D eigenvalue weighted by Gasteiger charge is 2.32. The number of aryl methyl sites for hydroxylation is 1. The summed E-state index contributed by atoms with van der Waals surface area (Å²) in [7, 11) is -0.362. The van der Waals surface area contributed by atoms with E-state index in [4.69, 9.17) is 9.47 Å². The van der Waals surface area contributed by atoms with Gasteiger partial charge in [-0.25, -0.2) is 8.42 Å². The number of piperidine rings is 1. The van der Waals surface area contributed by atoms with E-state index in [1.807, 2.05) is 13.0 Å². The Kier molecular flexibility index (Phi) is 6.99. The molecule has 0 aliphatic carbocycles. The van der Waals surface area contributed by atoms with Gasteiger partial charge < -0.3 is 14.8 Å². The van der Waals surface area contributed by atoms with Crippen molar-refractivity contribution in [3.8, 4) is 11.5 Å². The lowest BCUT2D eigenvalue weighted by atomic mass is 9.97. The zero-order chi connectivity index (χ0) is 21.7. The van der Waals surface area contributed by atoms with Gasteiger partial charge >= 0.3 is 0 Å². The van der Waals surface area contributed by atoms with Crippen molar-refractivity contribution in [3.05, 3.63) is 53.6 Å². The van der Waals surface area contributed by atoms with Gasteiger partial charge in [-0.05, 0) is 50.1 Å². The molecular formula is C22H28N2O5S. The van der Waals surface area contributed by atoms with Crippen molar-refractivity contribution >= 4 is 15.9 Å². The number of rotatable bonds is 7. The van der Waals surface area contributed by atoms with Gasteiger partial charge in [-0.15, -0.1) is 0 Å². The second-order valence-electron chi connectivity index (χ2n) is 7.39. The molecule has 1 saturated heterocycles. The summed E-state index contributed by atoms with van der Waals surface area (Å²) in [6.45, 7) is 2.90. The van der Waals surface area contributed by atoms with E-state index in [-0.39, 0.29) is 11.8 Å². The molecule has 2 aromatic rings. The molecule has 3 rings (SSSR count). The lowest BCUT2D eigenvalue weighted by Gasteiger charge is -2.30. The van der Waals surface area contributed by atoms with Gasteiger partial charge in [0.1, 0.15) is 11.5 Å². The van der Waals surface area contributed by atoms with Gasteiger partial charge in [0.15, 0.2) is 0 Å². The number of ether oxygens (including phenoxy) is 2. The van der Waals surface area contributed by atoms with E-state index >= 15 is 0 Å². The number of hydrogen-bond acceptors (Lipinski definition) is 5. The first-order valence-electron chi connectivity index (χ1n) is 9.90. The number of benzene rings is 2. The molecule has 1 aliphatic rings. The molecule has 1 heterocycles. The van der Waals surface area contributed by atoms with Gasteiger partial charge in [0.05, 0.1) is 19.1 Å². The monoisotopic (exact) mass is 432 g/mol. The van der Waals surface area contributed by atoms with Gasteiger partial charge in [0.25, 0.3) is 0 Å². The second-order valence-corrected chi connectivity index (χ2v) is 9.32. The molecule has 30 heavy (non-hydrogen) atoms. The minimum atomic E-state index is -3.53. The summed E-state index contributed by atoms with van der Waals surface area (Å²) in [4.78, 5) is 12.9. The molecule has 162 valence electrons. The highest BCUT2D eigenvalue weighted by molar-refractivity contribution is 7.89. The molecular weight excluding hydrogens is 404 g/mol. The average molecular weight is 433 g/mol. The van der Waals surface area contributed by atoms with Crippen molar-refractivity contribution in [2.24, 2.45) is 5.92 Å². The Bertz CT molecular complexity index is 981. The van der Waals surface area contributed by atoms with Crippen LogP contribution in [0.25, 0.3) is 0 Å². The Morgan fingerprint density at radius 3 is 2.33 bits per heavy atom. The molecule has 1 amide bonds. The van der Waals surface area contributed by atoms with E-state index in [2.05, 4.69) is 5.32 Å². The van der Waals surface area contributed by atoms with Crippen molar-refractivity contribution in [2.75, 3.05) is 27.3 Å². The number of carbonyl (C=O) groups excluding carboxylic acids is 1. The fourth-order valence-corrected chi connectivity index (χ4v) is 5.03. The van der Waals surface area contributed by atoms with E-state index < -0.39 is 10.0 Å². The van der Waals surface area contributed by atoms with Crippen molar-refractivity contribution < 1.29 is 22.7 Å². The van der Waals surface area contributed by atoms with E-state index in [0.29, 0.717) is 48.9 Å². The summed E-state index contributed by atoms with van der Waals surface area (Å²) >= 11 is 0. The van der Waals surface area contributed by atoms with Crippen LogP contribution >= 0.6 is 0 Å². The molecule has 1 fully saturated rings. The number of sulfonamides is 1. The van der Waals surface area contributed by atoms with Crippen LogP contribution in [-0.4, -0.2) is 45.9 Å². The quantitative estimate of drug-likeness (QED) is 0.727. The minimum absolute atomic E-state index is 0.0766. The standard InChI is InChI=1S/C22H28N2O5S/c1-16-4-7-20(8-5-16)30(26,27)24-12-10-17(11-13-24)22(25)23-15-18-14-19(28-2)6-9-21(18)29-3/h4-9,14,17H,10-13,15H2,1-3H3,(H,23,25). The van der Waals surface area contributed by atoms with Crippen LogP contribution in [0.3, 0.4) is 0 Å². The number of carbonyl (C=O) groups is 1. The summed E-state index contributed by atoms with van der Waals surface area (Å²) in [6.07, 6.45) is 0.984. The van der Waals surface area contributed by atoms with Gasteiger partial charge in [0.2, 0.25) is 15.9 Å². The highest BCUT2D eigenvalue weighted by atomic mass is 32.2. The number of nitrogens with one attached hydrogen (secondary N) is 1. The maximum absolute atomic E-state index is 12.8. The van der Waals surface area contributed by atoms with Crippen LogP contribution in [-0.2, 0) is 21.4 Å². The number of hydrogen-bond donors (Lipinski definition) is 1. The molecule has 0 bridgehead atoms. The van der Waals surface area contributed by atoms with Crippen LogP contribution in [0, 0.1) is 12.8 Å². The maximum Gasteiger partial charge on any atom is 0.243 e. The van der Waals surface area contributed by atoms with Crippen molar-refractivity contribution in [1.82, 2.24) is 9.62 Å². The van der Waals surface area contributed by atoms with Crippen molar-refractivity contribution in [3.63, 3.8) is 0 Å². The number of nitrogens with zero attached hydrogens (tertiary/aromatic N) is 1. The molecule has 8 heteroatoms. The summed E-state index contributed by atoms with van der Waals surface area (Å²) < 4.78 is 37.7. The van der Waals surface area contributed by atoms with Gasteiger partial charge in [-0.2, -0.15) is 4.31 Å². The first-order chi connectivity index (χ1) is 14.3. The molecule has 0 radical (unpaired) electrons. The first-order valence-corrected chi connectivity index (χ1v) is 11.3. The molecule has 0 aromatic heterocycles. The van der Waals surface area contributed by atoms with E-state index in [0.717, 1.165) is 11.1 Å². The molecule has 0 unspecified atom stereocenters. The minimum Gasteiger partial charge on any atom is -0.497 e. The zero-order valence-corrected chi connectivity index (χ0v) is 18.4. The fourth-order valence-electron chi connectivity index (χ4n) is 3.56.